The summed E-state index contributed by atoms with van der Waals surface area (Å²) < 4.78 is 11.4. The zero-order chi connectivity index (χ0) is 22.7. The van der Waals surface area contributed by atoms with Gasteiger partial charge in [-0.2, -0.15) is 0 Å². The van der Waals surface area contributed by atoms with Gasteiger partial charge in [0.05, 0.1) is 30.8 Å². The first-order valence-electron chi connectivity index (χ1n) is 10.2. The van der Waals surface area contributed by atoms with Crippen molar-refractivity contribution in [3.8, 4) is 17.1 Å². The highest BCUT2D eigenvalue weighted by atomic mass is 35.5. The predicted molar refractivity (Wildman–Crippen MR) is 127 cm³/mol. The van der Waals surface area contributed by atoms with Crippen LogP contribution in [0.4, 0.5) is 5.69 Å². The number of halogens is 1. The molecule has 0 saturated heterocycles. The van der Waals surface area contributed by atoms with Gasteiger partial charge in [-0.25, -0.2) is 9.97 Å². The van der Waals surface area contributed by atoms with E-state index in [1.54, 1.807) is 31.4 Å². The van der Waals surface area contributed by atoms with Crippen LogP contribution in [0.2, 0.25) is 5.02 Å². The van der Waals surface area contributed by atoms with Crippen molar-refractivity contribution in [3.05, 3.63) is 64.8 Å². The maximum Gasteiger partial charge on any atom is 0.234 e. The highest BCUT2D eigenvalue weighted by molar-refractivity contribution is 8.00. The van der Waals surface area contributed by atoms with Gasteiger partial charge in [0.25, 0.3) is 0 Å². The molecule has 4 rings (SSSR count). The van der Waals surface area contributed by atoms with Crippen LogP contribution in [0.15, 0.2) is 53.6 Å². The van der Waals surface area contributed by atoms with Crippen LogP contribution < -0.4 is 10.1 Å². The number of benzene rings is 2. The Balaban J connectivity index is 1.60. The lowest BCUT2D eigenvalue weighted by atomic mass is 9.96. The lowest BCUT2D eigenvalue weighted by Gasteiger charge is -2.32. The summed E-state index contributed by atoms with van der Waals surface area (Å²) in [6.45, 7) is 4.52. The summed E-state index contributed by atoms with van der Waals surface area (Å²) in [4.78, 5) is 22.2. The number of thioether (sulfide) groups is 1. The molecule has 1 aliphatic heterocycles. The average Bonchev–Trinajstić information content (AvgIpc) is 2.76. The van der Waals surface area contributed by atoms with E-state index in [0.29, 0.717) is 29.6 Å². The van der Waals surface area contributed by atoms with Gasteiger partial charge < -0.3 is 14.8 Å². The third-order valence-electron chi connectivity index (χ3n) is 5.03. The van der Waals surface area contributed by atoms with Gasteiger partial charge in [-0.1, -0.05) is 41.6 Å². The maximum absolute atomic E-state index is 12.5. The molecule has 0 saturated carbocycles. The summed E-state index contributed by atoms with van der Waals surface area (Å²) in [5, 5.41) is 4.20. The third kappa shape index (κ3) is 5.41. The van der Waals surface area contributed by atoms with E-state index in [4.69, 9.17) is 31.0 Å². The molecule has 3 aromatic rings. The number of hydrogen-bond donors (Lipinski definition) is 1. The van der Waals surface area contributed by atoms with Gasteiger partial charge in [-0.3, -0.25) is 4.79 Å². The van der Waals surface area contributed by atoms with Gasteiger partial charge in [-0.15, -0.1) is 0 Å². The molecule has 0 atom stereocenters. The first-order valence-corrected chi connectivity index (χ1v) is 11.6. The summed E-state index contributed by atoms with van der Waals surface area (Å²) >= 11 is 7.38. The highest BCUT2D eigenvalue weighted by Gasteiger charge is 2.30. The van der Waals surface area contributed by atoms with E-state index in [2.05, 4.69) is 19.2 Å². The molecule has 166 valence electrons. The number of methoxy groups -OCH3 is 1. The van der Waals surface area contributed by atoms with Crippen molar-refractivity contribution in [3.63, 3.8) is 0 Å². The highest BCUT2D eigenvalue weighted by Crippen LogP contribution is 2.34. The molecule has 0 aliphatic carbocycles. The van der Waals surface area contributed by atoms with Crippen molar-refractivity contribution in [2.45, 2.75) is 37.5 Å². The average molecular weight is 470 g/mol. The van der Waals surface area contributed by atoms with Gasteiger partial charge in [0, 0.05) is 28.3 Å². The molecule has 0 spiro atoms. The SMILES string of the molecule is COc1cccc(-c2nc3c(c(SCC(=O)Nc4cccc(Cl)c4)n2)COC(C)(C)C3)c1. The summed E-state index contributed by atoms with van der Waals surface area (Å²) in [5.41, 5.74) is 3.11. The Morgan fingerprint density at radius 1 is 1.22 bits per heavy atom. The number of carbonyl (C=O) groups excluding carboxylic acids is 1. The molecule has 0 radical (unpaired) electrons. The standard InChI is InChI=1S/C24H24ClN3O3S/c1-24(2)12-20-19(13-31-24)23(28-22(27-20)15-6-4-9-18(10-15)30-3)32-14-21(29)26-17-8-5-7-16(25)11-17/h4-11H,12-14H2,1-3H3,(H,26,29). The molecule has 32 heavy (non-hydrogen) atoms. The quantitative estimate of drug-likeness (QED) is 0.385. The number of nitrogens with zero attached hydrogens (tertiary/aromatic N) is 2. The number of carbonyl (C=O) groups is 1. The van der Waals surface area contributed by atoms with Crippen molar-refractivity contribution < 1.29 is 14.3 Å². The Hall–Kier alpha value is -2.61. The molecule has 8 heteroatoms. The lowest BCUT2D eigenvalue weighted by Crippen LogP contribution is -2.33. The Morgan fingerprint density at radius 2 is 2.03 bits per heavy atom. The second-order valence-corrected chi connectivity index (χ2v) is 9.48. The maximum atomic E-state index is 12.5. The van der Waals surface area contributed by atoms with Gasteiger partial charge in [0.2, 0.25) is 5.91 Å². The van der Waals surface area contributed by atoms with Crippen LogP contribution in [0.25, 0.3) is 11.4 Å². The normalized spacial score (nSPS) is 14.5. The number of amides is 1. The summed E-state index contributed by atoms with van der Waals surface area (Å²) in [6.07, 6.45) is 0.671. The smallest absolute Gasteiger partial charge is 0.234 e. The molecule has 1 N–H and O–H groups in total. The first kappa shape index (κ1) is 22.6. The van der Waals surface area contributed by atoms with E-state index in [1.165, 1.54) is 11.8 Å². The molecule has 2 aromatic carbocycles. The molecular weight excluding hydrogens is 446 g/mol. The van der Waals surface area contributed by atoms with Crippen molar-refractivity contribution in [1.29, 1.82) is 0 Å². The molecule has 0 unspecified atom stereocenters. The Kier molecular flexibility index (Phi) is 6.69. The van der Waals surface area contributed by atoms with Crippen LogP contribution in [0.5, 0.6) is 5.75 Å². The first-order chi connectivity index (χ1) is 15.3. The van der Waals surface area contributed by atoms with E-state index in [0.717, 1.165) is 27.6 Å². The number of fused-ring (bicyclic) bond motifs is 1. The van der Waals surface area contributed by atoms with E-state index in [1.807, 2.05) is 24.3 Å². The molecule has 0 fully saturated rings. The second kappa shape index (κ2) is 9.48. The number of ether oxygens (including phenoxy) is 2. The van der Waals surface area contributed by atoms with Crippen LogP contribution in [-0.2, 0) is 22.6 Å². The van der Waals surface area contributed by atoms with Crippen LogP contribution in [-0.4, -0.2) is 34.3 Å². The fourth-order valence-corrected chi connectivity index (χ4v) is 4.46. The number of aromatic nitrogens is 2. The molecule has 6 nitrogen and oxygen atoms in total. The minimum atomic E-state index is -0.307. The van der Waals surface area contributed by atoms with Crippen LogP contribution in [0, 0.1) is 0 Å². The Bertz CT molecular complexity index is 1150. The minimum absolute atomic E-state index is 0.135. The summed E-state index contributed by atoms with van der Waals surface area (Å²) in [7, 11) is 1.63. The zero-order valence-corrected chi connectivity index (χ0v) is 19.7. The van der Waals surface area contributed by atoms with E-state index in [-0.39, 0.29) is 17.3 Å². The summed E-state index contributed by atoms with van der Waals surface area (Å²) in [6, 6.07) is 14.7. The van der Waals surface area contributed by atoms with E-state index in [9.17, 15) is 4.79 Å². The number of hydrogen-bond acceptors (Lipinski definition) is 6. The topological polar surface area (TPSA) is 73.3 Å². The van der Waals surface area contributed by atoms with Gasteiger partial charge in [0.1, 0.15) is 10.8 Å². The molecule has 0 bridgehead atoms. The molecule has 2 heterocycles. The van der Waals surface area contributed by atoms with Gasteiger partial charge in [-0.05, 0) is 44.2 Å². The van der Waals surface area contributed by atoms with Crippen LogP contribution in [0.3, 0.4) is 0 Å². The number of anilines is 1. The lowest BCUT2D eigenvalue weighted by molar-refractivity contribution is -0.113. The minimum Gasteiger partial charge on any atom is -0.497 e. The fourth-order valence-electron chi connectivity index (χ4n) is 3.43. The largest absolute Gasteiger partial charge is 0.497 e. The van der Waals surface area contributed by atoms with Crippen molar-refractivity contribution in [2.24, 2.45) is 0 Å². The second-order valence-electron chi connectivity index (χ2n) is 8.08. The van der Waals surface area contributed by atoms with Crippen molar-refractivity contribution >= 4 is 35.0 Å². The zero-order valence-electron chi connectivity index (χ0n) is 18.1. The molecule has 1 amide bonds. The van der Waals surface area contributed by atoms with Crippen LogP contribution >= 0.6 is 23.4 Å². The Morgan fingerprint density at radius 3 is 2.81 bits per heavy atom. The van der Waals surface area contributed by atoms with Crippen molar-refractivity contribution in [2.75, 3.05) is 18.2 Å². The monoisotopic (exact) mass is 469 g/mol. The fraction of sp³-hybridized carbons (Fsp3) is 0.292. The van der Waals surface area contributed by atoms with Gasteiger partial charge >= 0.3 is 0 Å². The number of nitrogens with one attached hydrogen (secondary N) is 1. The number of rotatable bonds is 6. The molecule has 1 aromatic heterocycles. The van der Waals surface area contributed by atoms with E-state index < -0.39 is 0 Å². The van der Waals surface area contributed by atoms with Gasteiger partial charge in [0.15, 0.2) is 5.82 Å². The molecule has 1 aliphatic rings. The third-order valence-corrected chi connectivity index (χ3v) is 6.28. The van der Waals surface area contributed by atoms with Crippen molar-refractivity contribution in [1.82, 2.24) is 9.97 Å². The Labute approximate surface area is 196 Å². The summed E-state index contributed by atoms with van der Waals surface area (Å²) in [5.74, 6) is 1.42. The van der Waals surface area contributed by atoms with Crippen LogP contribution in [0.1, 0.15) is 25.1 Å². The molecular formula is C24H24ClN3O3S. The van der Waals surface area contributed by atoms with E-state index >= 15 is 0 Å². The predicted octanol–water partition coefficient (Wildman–Crippen LogP) is 5.39.